The van der Waals surface area contributed by atoms with Crippen molar-refractivity contribution >= 4 is 46.2 Å². The largest absolute Gasteiger partial charge is 0.481 e. The van der Waals surface area contributed by atoms with Gasteiger partial charge in [0, 0.05) is 16.3 Å². The van der Waals surface area contributed by atoms with Crippen molar-refractivity contribution in [3.05, 3.63) is 84.7 Å². The van der Waals surface area contributed by atoms with E-state index in [1.807, 2.05) is 71.5 Å². The van der Waals surface area contributed by atoms with Crippen molar-refractivity contribution in [2.45, 2.75) is 17.4 Å². The smallest absolute Gasteiger partial charge is 0.323 e. The monoisotopic (exact) mass is 446 g/mol. The van der Waals surface area contributed by atoms with Crippen LogP contribution in [0.1, 0.15) is 18.0 Å². The highest BCUT2D eigenvalue weighted by Gasteiger charge is 2.19. The number of fused-ring (bicyclic) bond motifs is 1. The second-order valence-corrected chi connectivity index (χ2v) is 8.07. The van der Waals surface area contributed by atoms with Crippen LogP contribution in [0.5, 0.6) is 0 Å². The molecule has 4 rings (SSSR count). The first-order chi connectivity index (χ1) is 15.5. The average Bonchev–Trinajstić information content (AvgIpc) is 3.21. The van der Waals surface area contributed by atoms with Crippen molar-refractivity contribution in [1.29, 1.82) is 0 Å². The number of carbonyl (C=O) groups excluding carboxylic acids is 1. The molecule has 1 atom stereocenters. The molecule has 1 unspecified atom stereocenters. The van der Waals surface area contributed by atoms with Crippen LogP contribution in [0.25, 0.3) is 11.0 Å². The molecule has 1 aromatic heterocycles. The number of nitrogens with one attached hydrogen (secondary N) is 2. The highest BCUT2D eigenvalue weighted by Crippen LogP contribution is 2.28. The van der Waals surface area contributed by atoms with Crippen LogP contribution in [0.3, 0.4) is 0 Å². The fourth-order valence-electron chi connectivity index (χ4n) is 3.54. The number of rotatable bonds is 7. The molecule has 32 heavy (non-hydrogen) atoms. The van der Waals surface area contributed by atoms with E-state index in [1.54, 1.807) is 30.2 Å². The van der Waals surface area contributed by atoms with Crippen LogP contribution in [0, 0.1) is 0 Å². The minimum Gasteiger partial charge on any atom is -0.481 e. The van der Waals surface area contributed by atoms with Crippen LogP contribution >= 0.6 is 11.8 Å². The SMILES string of the molecule is CSc1ccc(NC(=O)Nc2ccc3c(c2)ncn3C(CC(=O)O)c2ccccc2)cc1. The van der Waals surface area contributed by atoms with Crippen LogP contribution in [0.4, 0.5) is 16.2 Å². The number of thioether (sulfide) groups is 1. The minimum atomic E-state index is -0.888. The zero-order chi connectivity index (χ0) is 22.5. The third kappa shape index (κ3) is 4.92. The Kier molecular flexibility index (Phi) is 6.42. The number of anilines is 2. The predicted octanol–water partition coefficient (Wildman–Crippen LogP) is 5.47. The molecule has 0 aliphatic heterocycles. The molecule has 3 N–H and O–H groups in total. The summed E-state index contributed by atoms with van der Waals surface area (Å²) in [6.45, 7) is 0. The number of aliphatic carboxylic acids is 1. The fraction of sp³-hybridized carbons (Fsp3) is 0.125. The molecule has 4 aromatic rings. The van der Waals surface area contributed by atoms with Crippen LogP contribution in [0.2, 0.25) is 0 Å². The van der Waals surface area contributed by atoms with Crippen molar-refractivity contribution in [1.82, 2.24) is 9.55 Å². The van der Waals surface area contributed by atoms with Crippen molar-refractivity contribution < 1.29 is 14.7 Å². The maximum atomic E-state index is 12.4. The molecule has 3 aromatic carbocycles. The molecule has 162 valence electrons. The number of imidazole rings is 1. The molecule has 1 heterocycles. The lowest BCUT2D eigenvalue weighted by atomic mass is 10.0. The molecule has 8 heteroatoms. The van der Waals surface area contributed by atoms with Gasteiger partial charge in [0.2, 0.25) is 0 Å². The van der Waals surface area contributed by atoms with E-state index in [2.05, 4.69) is 15.6 Å². The zero-order valence-electron chi connectivity index (χ0n) is 17.4. The van der Waals surface area contributed by atoms with Gasteiger partial charge in [0.25, 0.3) is 0 Å². The van der Waals surface area contributed by atoms with E-state index >= 15 is 0 Å². The van der Waals surface area contributed by atoms with Gasteiger partial charge in [-0.2, -0.15) is 0 Å². The van der Waals surface area contributed by atoms with E-state index < -0.39 is 5.97 Å². The van der Waals surface area contributed by atoms with Crippen molar-refractivity contribution in [2.75, 3.05) is 16.9 Å². The number of carbonyl (C=O) groups is 2. The number of carboxylic acids is 1. The second kappa shape index (κ2) is 9.57. The maximum absolute atomic E-state index is 12.4. The Morgan fingerprint density at radius 1 is 1.00 bits per heavy atom. The molecule has 7 nitrogen and oxygen atoms in total. The lowest BCUT2D eigenvalue weighted by Gasteiger charge is -2.18. The lowest BCUT2D eigenvalue weighted by molar-refractivity contribution is -0.137. The van der Waals surface area contributed by atoms with Gasteiger partial charge in [0.1, 0.15) is 0 Å². The van der Waals surface area contributed by atoms with Gasteiger partial charge in [-0.15, -0.1) is 11.8 Å². The third-order valence-electron chi connectivity index (χ3n) is 5.07. The molecule has 0 spiro atoms. The summed E-state index contributed by atoms with van der Waals surface area (Å²) in [4.78, 5) is 29.4. The third-order valence-corrected chi connectivity index (χ3v) is 5.81. The van der Waals surface area contributed by atoms with Gasteiger partial charge in [-0.05, 0) is 54.3 Å². The lowest BCUT2D eigenvalue weighted by Crippen LogP contribution is -2.19. The van der Waals surface area contributed by atoms with Gasteiger partial charge in [-0.25, -0.2) is 9.78 Å². The molecule has 0 saturated heterocycles. The van der Waals surface area contributed by atoms with Gasteiger partial charge in [-0.1, -0.05) is 30.3 Å². The van der Waals surface area contributed by atoms with Crippen LogP contribution in [-0.2, 0) is 4.79 Å². The summed E-state index contributed by atoms with van der Waals surface area (Å²) < 4.78 is 1.86. The van der Waals surface area contributed by atoms with Gasteiger partial charge >= 0.3 is 12.0 Å². The first-order valence-electron chi connectivity index (χ1n) is 9.99. The van der Waals surface area contributed by atoms with Crippen LogP contribution < -0.4 is 10.6 Å². The van der Waals surface area contributed by atoms with E-state index in [9.17, 15) is 14.7 Å². The normalized spacial score (nSPS) is 11.8. The number of benzene rings is 3. The number of aromatic nitrogens is 2. The standard InChI is InChI=1S/C24H22N4O3S/c1-32-19-10-7-17(8-11-19)26-24(31)27-18-9-12-21-20(13-18)25-15-28(21)22(14-23(29)30)16-5-3-2-4-6-16/h2-13,15,22H,14H2,1H3,(H,29,30)(H2,26,27,31). The minimum absolute atomic E-state index is 0.0623. The van der Waals surface area contributed by atoms with E-state index in [1.165, 1.54) is 0 Å². The maximum Gasteiger partial charge on any atom is 0.323 e. The Morgan fingerprint density at radius 2 is 1.69 bits per heavy atom. The highest BCUT2D eigenvalue weighted by atomic mass is 32.2. The highest BCUT2D eigenvalue weighted by molar-refractivity contribution is 7.98. The Bertz CT molecular complexity index is 1240. The molecule has 0 fully saturated rings. The van der Waals surface area contributed by atoms with E-state index in [4.69, 9.17) is 0 Å². The molecule has 0 aliphatic carbocycles. The molecular weight excluding hydrogens is 424 g/mol. The Morgan fingerprint density at radius 3 is 2.38 bits per heavy atom. The van der Waals surface area contributed by atoms with Crippen molar-refractivity contribution in [3.8, 4) is 0 Å². The summed E-state index contributed by atoms with van der Waals surface area (Å²) >= 11 is 1.64. The van der Waals surface area contributed by atoms with E-state index in [-0.39, 0.29) is 18.5 Å². The molecule has 0 aliphatic rings. The number of hydrogen-bond acceptors (Lipinski definition) is 4. The second-order valence-electron chi connectivity index (χ2n) is 7.19. The van der Waals surface area contributed by atoms with Gasteiger partial charge in [-0.3, -0.25) is 4.79 Å². The number of hydrogen-bond donors (Lipinski definition) is 3. The molecular formula is C24H22N4O3S. The summed E-state index contributed by atoms with van der Waals surface area (Å²) in [5.74, 6) is -0.888. The summed E-state index contributed by atoms with van der Waals surface area (Å²) in [5.41, 5.74) is 3.64. The number of amides is 2. The van der Waals surface area contributed by atoms with Crippen molar-refractivity contribution in [3.63, 3.8) is 0 Å². The van der Waals surface area contributed by atoms with Gasteiger partial charge in [0.15, 0.2) is 0 Å². The summed E-state index contributed by atoms with van der Waals surface area (Å²) in [7, 11) is 0. The first kappa shape index (κ1) is 21.5. The molecule has 2 amide bonds. The summed E-state index contributed by atoms with van der Waals surface area (Å²) in [6.07, 6.45) is 3.58. The average molecular weight is 447 g/mol. The first-order valence-corrected chi connectivity index (χ1v) is 11.2. The number of nitrogens with zero attached hydrogens (tertiary/aromatic N) is 2. The number of urea groups is 1. The van der Waals surface area contributed by atoms with Crippen LogP contribution in [-0.4, -0.2) is 32.9 Å². The van der Waals surface area contributed by atoms with Gasteiger partial charge in [0.05, 0.1) is 29.8 Å². The van der Waals surface area contributed by atoms with Crippen LogP contribution in [0.15, 0.2) is 84.0 Å². The summed E-state index contributed by atoms with van der Waals surface area (Å²) in [5, 5.41) is 15.0. The Hall–Kier alpha value is -3.78. The van der Waals surface area contributed by atoms with E-state index in [0.29, 0.717) is 16.9 Å². The molecule has 0 bridgehead atoms. The fourth-order valence-corrected chi connectivity index (χ4v) is 3.95. The summed E-state index contributed by atoms with van der Waals surface area (Å²) in [6, 6.07) is 21.7. The Labute approximate surface area is 189 Å². The Balaban J connectivity index is 1.54. The zero-order valence-corrected chi connectivity index (χ0v) is 18.2. The molecule has 0 radical (unpaired) electrons. The quantitative estimate of drug-likeness (QED) is 0.327. The topological polar surface area (TPSA) is 96.3 Å². The number of carboxylic acid groups (broad SMARTS) is 1. The van der Waals surface area contributed by atoms with Gasteiger partial charge < -0.3 is 20.3 Å². The molecule has 0 saturated carbocycles. The van der Waals surface area contributed by atoms with Crippen molar-refractivity contribution in [2.24, 2.45) is 0 Å². The van der Waals surface area contributed by atoms with E-state index in [0.717, 1.165) is 16.0 Å². The predicted molar refractivity (Wildman–Crippen MR) is 127 cm³/mol.